The summed E-state index contributed by atoms with van der Waals surface area (Å²) >= 11 is 1.71. The van der Waals surface area contributed by atoms with E-state index in [2.05, 4.69) is 38.0 Å². The fourth-order valence-electron chi connectivity index (χ4n) is 1.11. The third-order valence-electron chi connectivity index (χ3n) is 2.33. The van der Waals surface area contributed by atoms with Gasteiger partial charge in [-0.15, -0.1) is 11.3 Å². The molecule has 0 unspecified atom stereocenters. The van der Waals surface area contributed by atoms with Crippen molar-refractivity contribution >= 4 is 11.3 Å². The van der Waals surface area contributed by atoms with Crippen molar-refractivity contribution in [2.24, 2.45) is 5.92 Å². The highest BCUT2D eigenvalue weighted by atomic mass is 32.1. The van der Waals surface area contributed by atoms with Gasteiger partial charge in [-0.25, -0.2) is 4.98 Å². The fourth-order valence-corrected chi connectivity index (χ4v) is 1.76. The van der Waals surface area contributed by atoms with Crippen LogP contribution >= 0.6 is 11.3 Å². The Balaban J connectivity index is 2.46. The summed E-state index contributed by atoms with van der Waals surface area (Å²) in [6.45, 7) is 8.84. The van der Waals surface area contributed by atoms with Crippen LogP contribution in [0.5, 0.6) is 0 Å². The standard InChI is InChI=1S/C10H18N2S/c1-7(2)8(3)12-9(4)10-11-5-6-13-10/h5-9,12H,1-4H3/t8-,9+/m1/s1. The molecule has 0 fully saturated rings. The Kier molecular flexibility index (Phi) is 3.88. The van der Waals surface area contributed by atoms with Crippen LogP contribution in [-0.2, 0) is 0 Å². The Labute approximate surface area is 84.4 Å². The smallest absolute Gasteiger partial charge is 0.109 e. The first-order valence-electron chi connectivity index (χ1n) is 4.76. The maximum absolute atomic E-state index is 4.28. The van der Waals surface area contributed by atoms with E-state index >= 15 is 0 Å². The number of hydrogen-bond acceptors (Lipinski definition) is 3. The van der Waals surface area contributed by atoms with Gasteiger partial charge < -0.3 is 5.32 Å². The van der Waals surface area contributed by atoms with Gasteiger partial charge in [0.2, 0.25) is 0 Å². The van der Waals surface area contributed by atoms with E-state index in [4.69, 9.17) is 0 Å². The van der Waals surface area contributed by atoms with Gasteiger partial charge in [0.05, 0.1) is 6.04 Å². The van der Waals surface area contributed by atoms with Crippen LogP contribution in [0, 0.1) is 5.92 Å². The second-order valence-electron chi connectivity index (χ2n) is 3.79. The maximum Gasteiger partial charge on any atom is 0.109 e. The zero-order valence-electron chi connectivity index (χ0n) is 8.74. The summed E-state index contributed by atoms with van der Waals surface area (Å²) in [4.78, 5) is 4.28. The molecular weight excluding hydrogens is 180 g/mol. The van der Waals surface area contributed by atoms with Crippen LogP contribution in [0.2, 0.25) is 0 Å². The second-order valence-corrected chi connectivity index (χ2v) is 4.72. The largest absolute Gasteiger partial charge is 0.305 e. The van der Waals surface area contributed by atoms with Gasteiger partial charge in [-0.05, 0) is 19.8 Å². The summed E-state index contributed by atoms with van der Waals surface area (Å²) in [5.74, 6) is 0.669. The van der Waals surface area contributed by atoms with Gasteiger partial charge in [-0.1, -0.05) is 13.8 Å². The summed E-state index contributed by atoms with van der Waals surface area (Å²) < 4.78 is 0. The molecule has 0 aliphatic heterocycles. The van der Waals surface area contributed by atoms with Gasteiger partial charge in [0.1, 0.15) is 5.01 Å². The van der Waals surface area contributed by atoms with Crippen LogP contribution in [0.25, 0.3) is 0 Å². The number of aromatic nitrogens is 1. The molecule has 1 heterocycles. The molecule has 0 bridgehead atoms. The normalized spacial score (nSPS) is 16.1. The van der Waals surface area contributed by atoms with E-state index < -0.39 is 0 Å². The molecule has 13 heavy (non-hydrogen) atoms. The van der Waals surface area contributed by atoms with E-state index in [-0.39, 0.29) is 0 Å². The molecular formula is C10H18N2S. The molecule has 0 aromatic carbocycles. The SMILES string of the molecule is CC(C)[C@@H](C)N[C@@H](C)c1nccs1. The van der Waals surface area contributed by atoms with Gasteiger partial charge in [0.15, 0.2) is 0 Å². The number of nitrogens with one attached hydrogen (secondary N) is 1. The molecule has 0 spiro atoms. The van der Waals surface area contributed by atoms with Crippen LogP contribution in [0.3, 0.4) is 0 Å². The van der Waals surface area contributed by atoms with E-state index in [9.17, 15) is 0 Å². The van der Waals surface area contributed by atoms with Crippen molar-refractivity contribution in [3.8, 4) is 0 Å². The van der Waals surface area contributed by atoms with Crippen molar-refractivity contribution in [1.29, 1.82) is 0 Å². The Bertz CT molecular complexity index is 231. The molecule has 1 rings (SSSR count). The minimum absolute atomic E-state index is 0.373. The minimum atomic E-state index is 0.373. The van der Waals surface area contributed by atoms with E-state index in [0.717, 1.165) is 0 Å². The first-order chi connectivity index (χ1) is 6.11. The Morgan fingerprint density at radius 1 is 1.31 bits per heavy atom. The minimum Gasteiger partial charge on any atom is -0.305 e. The third-order valence-corrected chi connectivity index (χ3v) is 3.29. The van der Waals surface area contributed by atoms with Gasteiger partial charge >= 0.3 is 0 Å². The lowest BCUT2D eigenvalue weighted by molar-refractivity contribution is 0.388. The number of hydrogen-bond donors (Lipinski definition) is 1. The average Bonchev–Trinajstić information content (AvgIpc) is 2.55. The summed E-state index contributed by atoms with van der Waals surface area (Å²) in [5.41, 5.74) is 0. The predicted octanol–water partition coefficient (Wildman–Crippen LogP) is 2.84. The molecule has 1 aromatic heterocycles. The van der Waals surface area contributed by atoms with Crippen molar-refractivity contribution in [3.05, 3.63) is 16.6 Å². The van der Waals surface area contributed by atoms with E-state index in [0.29, 0.717) is 18.0 Å². The summed E-state index contributed by atoms with van der Waals surface area (Å²) in [6, 6.07) is 0.913. The van der Waals surface area contributed by atoms with Crippen molar-refractivity contribution in [3.63, 3.8) is 0 Å². The zero-order chi connectivity index (χ0) is 9.84. The summed E-state index contributed by atoms with van der Waals surface area (Å²) in [6.07, 6.45) is 1.86. The molecule has 0 aliphatic rings. The highest BCUT2D eigenvalue weighted by Gasteiger charge is 2.13. The lowest BCUT2D eigenvalue weighted by Gasteiger charge is -2.21. The molecule has 1 aromatic rings. The number of thiazole rings is 1. The Morgan fingerprint density at radius 3 is 2.46 bits per heavy atom. The van der Waals surface area contributed by atoms with E-state index in [1.165, 1.54) is 5.01 Å². The van der Waals surface area contributed by atoms with Gasteiger partial charge in [0, 0.05) is 17.6 Å². The van der Waals surface area contributed by atoms with Crippen LogP contribution in [0.15, 0.2) is 11.6 Å². The summed E-state index contributed by atoms with van der Waals surface area (Å²) in [5, 5.41) is 6.72. The Morgan fingerprint density at radius 2 is 2.00 bits per heavy atom. The van der Waals surface area contributed by atoms with Crippen molar-refractivity contribution < 1.29 is 0 Å². The summed E-state index contributed by atoms with van der Waals surface area (Å²) in [7, 11) is 0. The highest BCUT2D eigenvalue weighted by Crippen LogP contribution is 2.16. The topological polar surface area (TPSA) is 24.9 Å². The molecule has 0 saturated carbocycles. The predicted molar refractivity (Wildman–Crippen MR) is 58.0 cm³/mol. The molecule has 1 N–H and O–H groups in total. The van der Waals surface area contributed by atoms with Gasteiger partial charge in [-0.3, -0.25) is 0 Å². The quantitative estimate of drug-likeness (QED) is 0.804. The Hall–Kier alpha value is -0.410. The van der Waals surface area contributed by atoms with Gasteiger partial charge in [0.25, 0.3) is 0 Å². The van der Waals surface area contributed by atoms with Crippen molar-refractivity contribution in [1.82, 2.24) is 10.3 Å². The highest BCUT2D eigenvalue weighted by molar-refractivity contribution is 7.09. The van der Waals surface area contributed by atoms with Crippen LogP contribution in [-0.4, -0.2) is 11.0 Å². The molecule has 2 atom stereocenters. The lowest BCUT2D eigenvalue weighted by atomic mass is 10.1. The molecule has 2 nitrogen and oxygen atoms in total. The number of rotatable bonds is 4. The van der Waals surface area contributed by atoms with E-state index in [1.54, 1.807) is 11.3 Å². The molecule has 3 heteroatoms. The zero-order valence-corrected chi connectivity index (χ0v) is 9.56. The van der Waals surface area contributed by atoms with Crippen molar-refractivity contribution in [2.45, 2.75) is 39.8 Å². The first-order valence-corrected chi connectivity index (χ1v) is 5.64. The lowest BCUT2D eigenvalue weighted by Crippen LogP contribution is -2.32. The average molecular weight is 198 g/mol. The van der Waals surface area contributed by atoms with Gasteiger partial charge in [-0.2, -0.15) is 0 Å². The third kappa shape index (κ3) is 3.08. The maximum atomic E-state index is 4.28. The first kappa shape index (κ1) is 10.7. The van der Waals surface area contributed by atoms with Crippen LogP contribution < -0.4 is 5.32 Å². The molecule has 0 radical (unpaired) electrons. The van der Waals surface area contributed by atoms with Crippen LogP contribution in [0.4, 0.5) is 0 Å². The van der Waals surface area contributed by atoms with Crippen molar-refractivity contribution in [2.75, 3.05) is 0 Å². The second kappa shape index (κ2) is 4.72. The molecule has 74 valence electrons. The fraction of sp³-hybridized carbons (Fsp3) is 0.700. The molecule has 0 aliphatic carbocycles. The van der Waals surface area contributed by atoms with Crippen LogP contribution in [0.1, 0.15) is 38.7 Å². The molecule has 0 saturated heterocycles. The monoisotopic (exact) mass is 198 g/mol. The molecule has 0 amide bonds. The van der Waals surface area contributed by atoms with E-state index in [1.807, 2.05) is 11.6 Å². The number of nitrogens with zero attached hydrogens (tertiary/aromatic N) is 1.